The van der Waals surface area contributed by atoms with Crippen LogP contribution in [0.3, 0.4) is 0 Å². The first-order chi connectivity index (χ1) is 8.74. The first-order valence-electron chi connectivity index (χ1n) is 6.76. The Morgan fingerprint density at radius 3 is 3.06 bits per heavy atom. The Kier molecular flexibility index (Phi) is 4.33. The summed E-state index contributed by atoms with van der Waals surface area (Å²) in [5, 5.41) is 3.02. The lowest BCUT2D eigenvalue weighted by atomic mass is 10.0. The summed E-state index contributed by atoms with van der Waals surface area (Å²) < 4.78 is 13.8. The van der Waals surface area contributed by atoms with Gasteiger partial charge in [-0.25, -0.2) is 9.37 Å². The molecular weight excluding hydrogens is 231 g/mol. The number of hydrogen-bond acceptors (Lipinski definition) is 4. The SMILES string of the molecule is CCCC1CCN(c2nc(NCC)ncc2F)C1. The van der Waals surface area contributed by atoms with Gasteiger partial charge in [0.1, 0.15) is 0 Å². The number of nitrogens with one attached hydrogen (secondary N) is 1. The van der Waals surface area contributed by atoms with E-state index in [4.69, 9.17) is 0 Å². The molecule has 0 spiro atoms. The number of nitrogens with zero attached hydrogens (tertiary/aromatic N) is 3. The number of anilines is 2. The average molecular weight is 252 g/mol. The third kappa shape index (κ3) is 2.89. The van der Waals surface area contributed by atoms with Crippen LogP contribution in [0.25, 0.3) is 0 Å². The number of rotatable bonds is 5. The molecule has 0 radical (unpaired) electrons. The van der Waals surface area contributed by atoms with Crippen LogP contribution in [-0.4, -0.2) is 29.6 Å². The quantitative estimate of drug-likeness (QED) is 0.874. The summed E-state index contributed by atoms with van der Waals surface area (Å²) in [7, 11) is 0. The molecule has 18 heavy (non-hydrogen) atoms. The zero-order valence-corrected chi connectivity index (χ0v) is 11.1. The number of aromatic nitrogens is 2. The molecule has 0 saturated carbocycles. The first kappa shape index (κ1) is 13.1. The van der Waals surface area contributed by atoms with Gasteiger partial charge in [-0.1, -0.05) is 13.3 Å². The van der Waals surface area contributed by atoms with Crippen LogP contribution >= 0.6 is 0 Å². The van der Waals surface area contributed by atoms with Gasteiger partial charge in [-0.05, 0) is 25.7 Å². The van der Waals surface area contributed by atoms with Gasteiger partial charge in [-0.3, -0.25) is 0 Å². The van der Waals surface area contributed by atoms with Gasteiger partial charge in [-0.15, -0.1) is 0 Å². The smallest absolute Gasteiger partial charge is 0.224 e. The van der Waals surface area contributed by atoms with E-state index in [2.05, 4.69) is 22.2 Å². The van der Waals surface area contributed by atoms with Crippen LogP contribution in [0.1, 0.15) is 33.1 Å². The predicted octanol–water partition coefficient (Wildman–Crippen LogP) is 2.67. The molecule has 2 rings (SSSR count). The van der Waals surface area contributed by atoms with E-state index in [1.54, 1.807) is 0 Å². The van der Waals surface area contributed by atoms with Crippen molar-refractivity contribution in [3.8, 4) is 0 Å². The van der Waals surface area contributed by atoms with Gasteiger partial charge in [0.25, 0.3) is 0 Å². The largest absolute Gasteiger partial charge is 0.354 e. The van der Waals surface area contributed by atoms with E-state index in [1.165, 1.54) is 19.0 Å². The lowest BCUT2D eigenvalue weighted by Gasteiger charge is -2.18. The van der Waals surface area contributed by atoms with Crippen LogP contribution in [0.15, 0.2) is 6.20 Å². The van der Waals surface area contributed by atoms with Crippen LogP contribution < -0.4 is 10.2 Å². The highest BCUT2D eigenvalue weighted by molar-refractivity contribution is 5.44. The minimum Gasteiger partial charge on any atom is -0.354 e. The van der Waals surface area contributed by atoms with Gasteiger partial charge in [0, 0.05) is 19.6 Å². The van der Waals surface area contributed by atoms with Gasteiger partial charge in [-0.2, -0.15) is 4.98 Å². The van der Waals surface area contributed by atoms with Crippen molar-refractivity contribution in [1.82, 2.24) is 9.97 Å². The van der Waals surface area contributed by atoms with E-state index in [0.717, 1.165) is 26.1 Å². The Morgan fingerprint density at radius 1 is 1.50 bits per heavy atom. The maximum atomic E-state index is 13.8. The zero-order chi connectivity index (χ0) is 13.0. The molecule has 1 aromatic heterocycles. The highest BCUT2D eigenvalue weighted by Gasteiger charge is 2.25. The van der Waals surface area contributed by atoms with Gasteiger partial charge in [0.15, 0.2) is 11.6 Å². The fourth-order valence-electron chi connectivity index (χ4n) is 2.49. The summed E-state index contributed by atoms with van der Waals surface area (Å²) >= 11 is 0. The normalized spacial score (nSPS) is 19.3. The second-order valence-corrected chi connectivity index (χ2v) is 4.78. The van der Waals surface area contributed by atoms with Crippen LogP contribution in [0.4, 0.5) is 16.2 Å². The van der Waals surface area contributed by atoms with Crippen molar-refractivity contribution in [2.75, 3.05) is 29.9 Å². The van der Waals surface area contributed by atoms with Gasteiger partial charge >= 0.3 is 0 Å². The van der Waals surface area contributed by atoms with Crippen molar-refractivity contribution in [2.24, 2.45) is 5.92 Å². The summed E-state index contributed by atoms with van der Waals surface area (Å²) in [6, 6.07) is 0. The molecule has 100 valence electrons. The third-order valence-electron chi connectivity index (χ3n) is 3.34. The highest BCUT2D eigenvalue weighted by atomic mass is 19.1. The van der Waals surface area contributed by atoms with Crippen molar-refractivity contribution < 1.29 is 4.39 Å². The van der Waals surface area contributed by atoms with E-state index in [-0.39, 0.29) is 5.82 Å². The Morgan fingerprint density at radius 2 is 2.33 bits per heavy atom. The maximum absolute atomic E-state index is 13.8. The second kappa shape index (κ2) is 5.98. The standard InChI is InChI=1S/C13H21FN4/c1-3-5-10-6-7-18(9-10)12-11(14)8-16-13(17-12)15-4-2/h8,10H,3-7,9H2,1-2H3,(H,15,16,17). The van der Waals surface area contributed by atoms with Crippen LogP contribution in [0.5, 0.6) is 0 Å². The minimum absolute atomic E-state index is 0.325. The monoisotopic (exact) mass is 252 g/mol. The molecule has 1 saturated heterocycles. The Balaban J connectivity index is 2.10. The van der Waals surface area contributed by atoms with Crippen LogP contribution in [0, 0.1) is 11.7 Å². The molecule has 1 atom stereocenters. The van der Waals surface area contributed by atoms with Crippen molar-refractivity contribution in [1.29, 1.82) is 0 Å². The summed E-state index contributed by atoms with van der Waals surface area (Å²) in [6.45, 7) is 6.71. The molecule has 0 aromatic carbocycles. The van der Waals surface area contributed by atoms with Gasteiger partial charge in [0.05, 0.1) is 6.20 Å². The topological polar surface area (TPSA) is 41.1 Å². The molecule has 4 nitrogen and oxygen atoms in total. The Hall–Kier alpha value is -1.39. The molecule has 0 amide bonds. The summed E-state index contributed by atoms with van der Waals surface area (Å²) in [5.41, 5.74) is 0. The summed E-state index contributed by atoms with van der Waals surface area (Å²) in [4.78, 5) is 10.2. The van der Waals surface area contributed by atoms with Crippen LogP contribution in [0.2, 0.25) is 0 Å². The van der Waals surface area contributed by atoms with Crippen molar-refractivity contribution >= 4 is 11.8 Å². The van der Waals surface area contributed by atoms with Gasteiger partial charge < -0.3 is 10.2 Å². The molecular formula is C13H21FN4. The van der Waals surface area contributed by atoms with E-state index < -0.39 is 0 Å². The predicted molar refractivity (Wildman–Crippen MR) is 71.4 cm³/mol. The van der Waals surface area contributed by atoms with E-state index in [0.29, 0.717) is 17.7 Å². The molecule has 2 heterocycles. The molecule has 1 unspecified atom stereocenters. The fraction of sp³-hybridized carbons (Fsp3) is 0.692. The second-order valence-electron chi connectivity index (χ2n) is 4.78. The summed E-state index contributed by atoms with van der Waals surface area (Å²) in [6.07, 6.45) is 4.79. The number of hydrogen-bond donors (Lipinski definition) is 1. The minimum atomic E-state index is -0.325. The summed E-state index contributed by atoms with van der Waals surface area (Å²) in [5.74, 6) is 1.30. The fourth-order valence-corrected chi connectivity index (χ4v) is 2.49. The van der Waals surface area contributed by atoms with E-state index in [1.807, 2.05) is 11.8 Å². The number of halogens is 1. The lowest BCUT2D eigenvalue weighted by Crippen LogP contribution is -2.23. The lowest BCUT2D eigenvalue weighted by molar-refractivity contribution is 0.528. The van der Waals surface area contributed by atoms with E-state index in [9.17, 15) is 4.39 Å². The third-order valence-corrected chi connectivity index (χ3v) is 3.34. The first-order valence-corrected chi connectivity index (χ1v) is 6.76. The van der Waals surface area contributed by atoms with Crippen molar-refractivity contribution in [3.05, 3.63) is 12.0 Å². The Labute approximate surface area is 108 Å². The highest BCUT2D eigenvalue weighted by Crippen LogP contribution is 2.27. The van der Waals surface area contributed by atoms with Crippen molar-refractivity contribution in [2.45, 2.75) is 33.1 Å². The molecule has 1 N–H and O–H groups in total. The van der Waals surface area contributed by atoms with Gasteiger partial charge in [0.2, 0.25) is 5.95 Å². The van der Waals surface area contributed by atoms with Crippen molar-refractivity contribution in [3.63, 3.8) is 0 Å². The zero-order valence-electron chi connectivity index (χ0n) is 11.1. The van der Waals surface area contributed by atoms with Crippen LogP contribution in [-0.2, 0) is 0 Å². The molecule has 1 fully saturated rings. The molecule has 1 aliphatic rings. The Bertz CT molecular complexity index is 397. The molecule has 1 aliphatic heterocycles. The molecule has 0 bridgehead atoms. The molecule has 5 heteroatoms. The molecule has 1 aromatic rings. The van der Waals surface area contributed by atoms with E-state index >= 15 is 0 Å². The maximum Gasteiger partial charge on any atom is 0.224 e. The molecule has 0 aliphatic carbocycles. The average Bonchev–Trinajstić information content (AvgIpc) is 2.81.